The topological polar surface area (TPSA) is 17.1 Å². The number of allylic oxidation sites excluding steroid dienone is 4. The number of fused-ring (bicyclic) bond motifs is 4. The highest BCUT2D eigenvalue weighted by Crippen LogP contribution is 2.63. The lowest BCUT2D eigenvalue weighted by Crippen LogP contribution is -2.43. The first-order valence-corrected chi connectivity index (χ1v) is 11.1. The maximum absolute atomic E-state index is 11.9. The van der Waals surface area contributed by atoms with E-state index in [-0.39, 0.29) is 0 Å². The number of rotatable bonds is 2. The molecule has 1 aromatic rings. The molecule has 0 bridgehead atoms. The second kappa shape index (κ2) is 7.07. The van der Waals surface area contributed by atoms with E-state index in [9.17, 15) is 4.79 Å². The molecule has 0 N–H and O–H groups in total. The molecule has 2 saturated carbocycles. The van der Waals surface area contributed by atoms with Crippen molar-refractivity contribution in [2.45, 2.75) is 64.7 Å². The molecule has 0 aliphatic heterocycles. The number of hydrogen-bond acceptors (Lipinski definition) is 1. The SMILES string of the molecule is CC#CC1CC[C@H]2[C@@H]3CCC4=CC(=O)CCC4=C3CC[C@]12Cc1ccccc1. The molecule has 0 spiro atoms. The van der Waals surface area contributed by atoms with Crippen molar-refractivity contribution in [3.8, 4) is 11.8 Å². The molecule has 0 saturated heterocycles. The molecule has 144 valence electrons. The van der Waals surface area contributed by atoms with Gasteiger partial charge in [0.25, 0.3) is 0 Å². The molecule has 4 aliphatic carbocycles. The quantitative estimate of drug-likeness (QED) is 0.579. The molecule has 4 aliphatic rings. The maximum atomic E-state index is 11.9. The van der Waals surface area contributed by atoms with Crippen molar-refractivity contribution in [2.75, 3.05) is 0 Å². The summed E-state index contributed by atoms with van der Waals surface area (Å²) < 4.78 is 0. The molecular weight excluding hydrogens is 340 g/mol. The summed E-state index contributed by atoms with van der Waals surface area (Å²) in [7, 11) is 0. The summed E-state index contributed by atoms with van der Waals surface area (Å²) in [6.07, 6.45) is 12.3. The van der Waals surface area contributed by atoms with Gasteiger partial charge in [-0.2, -0.15) is 0 Å². The Morgan fingerprint density at radius 3 is 2.71 bits per heavy atom. The highest BCUT2D eigenvalue weighted by atomic mass is 16.1. The molecule has 0 aromatic heterocycles. The van der Waals surface area contributed by atoms with Crippen LogP contribution < -0.4 is 0 Å². The van der Waals surface area contributed by atoms with Gasteiger partial charge in [0.15, 0.2) is 5.78 Å². The van der Waals surface area contributed by atoms with Crippen LogP contribution in [0.2, 0.25) is 0 Å². The summed E-state index contributed by atoms with van der Waals surface area (Å²) in [4.78, 5) is 11.9. The van der Waals surface area contributed by atoms with Crippen LogP contribution in [0.15, 0.2) is 53.1 Å². The molecule has 0 amide bonds. The van der Waals surface area contributed by atoms with E-state index < -0.39 is 0 Å². The van der Waals surface area contributed by atoms with E-state index in [0.29, 0.717) is 17.1 Å². The first kappa shape index (κ1) is 18.0. The van der Waals surface area contributed by atoms with E-state index >= 15 is 0 Å². The maximum Gasteiger partial charge on any atom is 0.156 e. The summed E-state index contributed by atoms with van der Waals surface area (Å²) in [6, 6.07) is 11.1. The van der Waals surface area contributed by atoms with Crippen LogP contribution in [0, 0.1) is 35.0 Å². The Hall–Kier alpha value is -2.07. The van der Waals surface area contributed by atoms with Crippen LogP contribution in [0.4, 0.5) is 0 Å². The van der Waals surface area contributed by atoms with Gasteiger partial charge in [-0.3, -0.25) is 4.79 Å². The van der Waals surface area contributed by atoms with E-state index in [4.69, 9.17) is 0 Å². The molecular formula is C27H30O. The van der Waals surface area contributed by atoms with Gasteiger partial charge in [0.1, 0.15) is 0 Å². The van der Waals surface area contributed by atoms with Gasteiger partial charge < -0.3 is 0 Å². The summed E-state index contributed by atoms with van der Waals surface area (Å²) in [6.45, 7) is 2.01. The number of benzene rings is 1. The Bertz CT molecular complexity index is 907. The fraction of sp³-hybridized carbons (Fsp3) is 0.519. The van der Waals surface area contributed by atoms with Crippen molar-refractivity contribution in [1.82, 2.24) is 0 Å². The normalized spacial score (nSPS) is 34.0. The molecule has 4 atom stereocenters. The van der Waals surface area contributed by atoms with Crippen molar-refractivity contribution in [2.24, 2.45) is 23.2 Å². The lowest BCUT2D eigenvalue weighted by molar-refractivity contribution is -0.114. The van der Waals surface area contributed by atoms with E-state index in [1.54, 1.807) is 11.1 Å². The van der Waals surface area contributed by atoms with Gasteiger partial charge in [-0.25, -0.2) is 0 Å². The minimum atomic E-state index is 0.338. The van der Waals surface area contributed by atoms with E-state index in [2.05, 4.69) is 42.2 Å². The molecule has 1 unspecified atom stereocenters. The van der Waals surface area contributed by atoms with Gasteiger partial charge >= 0.3 is 0 Å². The van der Waals surface area contributed by atoms with Crippen LogP contribution in [0.25, 0.3) is 0 Å². The Morgan fingerprint density at radius 1 is 1.04 bits per heavy atom. The van der Waals surface area contributed by atoms with Gasteiger partial charge in [-0.05, 0) is 98.3 Å². The number of carbonyl (C=O) groups excluding carboxylic acids is 1. The third-order valence-electron chi connectivity index (χ3n) is 8.14. The first-order valence-electron chi connectivity index (χ1n) is 11.1. The van der Waals surface area contributed by atoms with Crippen LogP contribution >= 0.6 is 0 Å². The average molecular weight is 371 g/mol. The van der Waals surface area contributed by atoms with Crippen molar-refractivity contribution in [3.05, 3.63) is 58.7 Å². The third kappa shape index (κ3) is 2.81. The first-order chi connectivity index (χ1) is 13.7. The fourth-order valence-corrected chi connectivity index (χ4v) is 7.06. The molecule has 5 rings (SSSR count). The van der Waals surface area contributed by atoms with Crippen molar-refractivity contribution in [3.63, 3.8) is 0 Å². The summed E-state index contributed by atoms with van der Waals surface area (Å²) in [5.74, 6) is 9.27. The standard InChI is InChI=1S/C27H30O/c1-2-6-21-10-14-26-25-12-9-20-17-22(28)11-13-23(20)24(25)15-16-27(21,26)18-19-7-4-3-5-8-19/h3-5,7-8,17,21,25-26H,9-16,18H2,1H3/t21?,25-,26+,27+/m1/s1. The molecule has 2 fully saturated rings. The van der Waals surface area contributed by atoms with E-state index in [1.165, 1.54) is 49.7 Å². The lowest BCUT2D eigenvalue weighted by Gasteiger charge is -2.50. The highest BCUT2D eigenvalue weighted by molar-refractivity contribution is 5.93. The Balaban J connectivity index is 1.54. The molecule has 1 heteroatoms. The molecule has 0 heterocycles. The highest BCUT2D eigenvalue weighted by Gasteiger charge is 2.55. The van der Waals surface area contributed by atoms with Crippen LogP contribution in [0.1, 0.15) is 63.9 Å². The van der Waals surface area contributed by atoms with Gasteiger partial charge in [-0.15, -0.1) is 5.92 Å². The third-order valence-corrected chi connectivity index (χ3v) is 8.14. The van der Waals surface area contributed by atoms with Crippen molar-refractivity contribution < 1.29 is 4.79 Å². The second-order valence-corrected chi connectivity index (χ2v) is 9.31. The minimum absolute atomic E-state index is 0.338. The zero-order chi connectivity index (χ0) is 19.1. The van der Waals surface area contributed by atoms with Gasteiger partial charge in [-0.1, -0.05) is 41.8 Å². The molecule has 1 aromatic carbocycles. The van der Waals surface area contributed by atoms with Crippen molar-refractivity contribution in [1.29, 1.82) is 0 Å². The molecule has 1 nitrogen and oxygen atoms in total. The predicted molar refractivity (Wildman–Crippen MR) is 114 cm³/mol. The van der Waals surface area contributed by atoms with Crippen molar-refractivity contribution >= 4 is 5.78 Å². The van der Waals surface area contributed by atoms with Crippen LogP contribution in [-0.4, -0.2) is 5.78 Å². The predicted octanol–water partition coefficient (Wildman–Crippen LogP) is 6.05. The van der Waals surface area contributed by atoms with E-state index in [0.717, 1.165) is 31.1 Å². The fourth-order valence-electron chi connectivity index (χ4n) is 7.06. The lowest BCUT2D eigenvalue weighted by atomic mass is 9.54. The average Bonchev–Trinajstić information content (AvgIpc) is 3.07. The van der Waals surface area contributed by atoms with Crippen LogP contribution in [0.3, 0.4) is 0 Å². The van der Waals surface area contributed by atoms with Gasteiger partial charge in [0.2, 0.25) is 0 Å². The zero-order valence-corrected chi connectivity index (χ0v) is 17.0. The Kier molecular flexibility index (Phi) is 4.54. The summed E-state index contributed by atoms with van der Waals surface area (Å²) in [5.41, 5.74) is 6.50. The number of ketones is 1. The number of hydrogen-bond donors (Lipinski definition) is 0. The van der Waals surface area contributed by atoms with Gasteiger partial charge in [0, 0.05) is 12.3 Å². The monoisotopic (exact) mass is 370 g/mol. The summed E-state index contributed by atoms with van der Waals surface area (Å²) in [5, 5.41) is 0. The van der Waals surface area contributed by atoms with Crippen LogP contribution in [-0.2, 0) is 11.2 Å². The molecule has 0 radical (unpaired) electrons. The smallest absolute Gasteiger partial charge is 0.156 e. The largest absolute Gasteiger partial charge is 0.295 e. The zero-order valence-electron chi connectivity index (χ0n) is 17.0. The summed E-state index contributed by atoms with van der Waals surface area (Å²) >= 11 is 0. The second-order valence-electron chi connectivity index (χ2n) is 9.31. The number of carbonyl (C=O) groups is 1. The Labute approximate surface area is 169 Å². The van der Waals surface area contributed by atoms with Gasteiger partial charge in [0.05, 0.1) is 0 Å². The minimum Gasteiger partial charge on any atom is -0.295 e. The van der Waals surface area contributed by atoms with Crippen LogP contribution in [0.5, 0.6) is 0 Å². The Morgan fingerprint density at radius 2 is 1.89 bits per heavy atom. The molecule has 28 heavy (non-hydrogen) atoms. The van der Waals surface area contributed by atoms with E-state index in [1.807, 2.05) is 13.0 Å².